The van der Waals surface area contributed by atoms with Gasteiger partial charge in [0.25, 0.3) is 0 Å². The second kappa shape index (κ2) is 5.93. The number of hydrogen-bond acceptors (Lipinski definition) is 5. The van der Waals surface area contributed by atoms with Gasteiger partial charge in [0.15, 0.2) is 4.34 Å². The van der Waals surface area contributed by atoms with E-state index in [0.29, 0.717) is 11.7 Å². The minimum absolute atomic E-state index is 0.0735. The Morgan fingerprint density at radius 3 is 2.80 bits per heavy atom. The van der Waals surface area contributed by atoms with E-state index >= 15 is 0 Å². The Kier molecular flexibility index (Phi) is 4.03. The van der Waals surface area contributed by atoms with E-state index in [1.54, 1.807) is 23.3 Å². The molecule has 0 saturated heterocycles. The minimum Gasteiger partial charge on any atom is -0.315 e. The number of amides is 1. The number of anilines is 1. The number of hydrogen-bond donors (Lipinski definition) is 0. The third-order valence-electron chi connectivity index (χ3n) is 3.19. The van der Waals surface area contributed by atoms with Gasteiger partial charge in [-0.2, -0.15) is 0 Å². The summed E-state index contributed by atoms with van der Waals surface area (Å²) in [6.45, 7) is 0. The van der Waals surface area contributed by atoms with E-state index in [-0.39, 0.29) is 5.91 Å². The predicted octanol–water partition coefficient (Wildman–Crippen LogP) is 3.17. The number of rotatable bonds is 5. The molecule has 1 fully saturated rings. The summed E-state index contributed by atoms with van der Waals surface area (Å²) in [5, 5.41) is 9.45. The van der Waals surface area contributed by atoms with Crippen molar-refractivity contribution in [2.45, 2.75) is 23.1 Å². The van der Waals surface area contributed by atoms with Gasteiger partial charge in [0, 0.05) is 18.7 Å². The van der Waals surface area contributed by atoms with Crippen molar-refractivity contribution < 1.29 is 4.79 Å². The molecule has 0 bridgehead atoms. The van der Waals surface area contributed by atoms with E-state index in [9.17, 15) is 4.79 Å². The summed E-state index contributed by atoms with van der Waals surface area (Å²) >= 11 is 3.09. The molecule has 1 aliphatic rings. The second-order valence-electron chi connectivity index (χ2n) is 4.76. The van der Waals surface area contributed by atoms with Crippen LogP contribution in [0, 0.1) is 0 Å². The molecule has 2 aromatic rings. The highest BCUT2D eigenvalue weighted by molar-refractivity contribution is 8.01. The van der Waals surface area contributed by atoms with Gasteiger partial charge in [-0.05, 0) is 25.0 Å². The normalized spacial score (nSPS) is 14.2. The molecule has 0 spiro atoms. The smallest absolute Gasteiger partial charge is 0.237 e. The lowest BCUT2D eigenvalue weighted by Crippen LogP contribution is -2.27. The van der Waals surface area contributed by atoms with Crippen LogP contribution < -0.4 is 4.90 Å². The van der Waals surface area contributed by atoms with Crippen LogP contribution in [0.15, 0.2) is 34.7 Å². The molecule has 0 radical (unpaired) electrons. The number of para-hydroxylation sites is 1. The van der Waals surface area contributed by atoms with Crippen LogP contribution in [-0.2, 0) is 4.79 Å². The standard InChI is InChI=1S/C14H15N3OS2/c1-17(11-5-3-2-4-6-11)12(18)9-19-14-16-15-13(20-14)10-7-8-10/h2-6,10H,7-9H2,1H3. The van der Waals surface area contributed by atoms with Crippen LogP contribution >= 0.6 is 23.1 Å². The fourth-order valence-electron chi connectivity index (χ4n) is 1.79. The van der Waals surface area contributed by atoms with Gasteiger partial charge in [0.1, 0.15) is 5.01 Å². The summed E-state index contributed by atoms with van der Waals surface area (Å²) in [6.07, 6.45) is 2.46. The van der Waals surface area contributed by atoms with E-state index in [2.05, 4.69) is 10.2 Å². The van der Waals surface area contributed by atoms with Crippen molar-refractivity contribution in [3.8, 4) is 0 Å². The Hall–Kier alpha value is -1.40. The molecular formula is C14H15N3OS2. The maximum atomic E-state index is 12.1. The van der Waals surface area contributed by atoms with Crippen LogP contribution in [0.5, 0.6) is 0 Å². The Balaban J connectivity index is 1.55. The van der Waals surface area contributed by atoms with Gasteiger partial charge in [-0.25, -0.2) is 0 Å². The molecule has 0 aliphatic heterocycles. The fraction of sp³-hybridized carbons (Fsp3) is 0.357. The van der Waals surface area contributed by atoms with Gasteiger partial charge in [0.2, 0.25) is 5.91 Å². The van der Waals surface area contributed by atoms with Gasteiger partial charge < -0.3 is 4.90 Å². The van der Waals surface area contributed by atoms with Crippen LogP contribution in [0.3, 0.4) is 0 Å². The molecule has 1 aromatic carbocycles. The molecule has 1 amide bonds. The summed E-state index contributed by atoms with van der Waals surface area (Å²) in [5.41, 5.74) is 0.911. The van der Waals surface area contributed by atoms with Gasteiger partial charge in [-0.3, -0.25) is 4.79 Å². The molecule has 1 saturated carbocycles. The lowest BCUT2D eigenvalue weighted by molar-refractivity contribution is -0.115. The van der Waals surface area contributed by atoms with Crippen molar-refractivity contribution in [3.63, 3.8) is 0 Å². The van der Waals surface area contributed by atoms with Gasteiger partial charge >= 0.3 is 0 Å². The summed E-state index contributed by atoms with van der Waals surface area (Å²) in [5.74, 6) is 1.10. The maximum Gasteiger partial charge on any atom is 0.237 e. The third-order valence-corrected chi connectivity index (χ3v) is 5.39. The first-order valence-corrected chi connectivity index (χ1v) is 8.32. The Morgan fingerprint density at radius 1 is 1.35 bits per heavy atom. The quantitative estimate of drug-likeness (QED) is 0.796. The first kappa shape index (κ1) is 13.6. The van der Waals surface area contributed by atoms with Crippen LogP contribution in [0.1, 0.15) is 23.8 Å². The van der Waals surface area contributed by atoms with Crippen molar-refractivity contribution >= 4 is 34.7 Å². The lowest BCUT2D eigenvalue weighted by Gasteiger charge is -2.16. The molecule has 1 aliphatic carbocycles. The third kappa shape index (κ3) is 3.19. The van der Waals surface area contributed by atoms with Crippen molar-refractivity contribution in [2.24, 2.45) is 0 Å². The van der Waals surface area contributed by atoms with Gasteiger partial charge in [0.05, 0.1) is 5.75 Å². The fourth-order valence-corrected chi connectivity index (χ4v) is 3.74. The topological polar surface area (TPSA) is 46.1 Å². The van der Waals surface area contributed by atoms with Crippen LogP contribution in [0.2, 0.25) is 0 Å². The largest absolute Gasteiger partial charge is 0.315 e. The summed E-state index contributed by atoms with van der Waals surface area (Å²) in [7, 11) is 1.80. The van der Waals surface area contributed by atoms with E-state index in [1.807, 2.05) is 30.3 Å². The van der Waals surface area contributed by atoms with Gasteiger partial charge in [-0.1, -0.05) is 41.3 Å². The molecule has 0 atom stereocenters. The highest BCUT2D eigenvalue weighted by Crippen LogP contribution is 2.42. The molecule has 0 unspecified atom stereocenters. The molecule has 104 valence electrons. The van der Waals surface area contributed by atoms with Crippen LogP contribution in [0.4, 0.5) is 5.69 Å². The maximum absolute atomic E-state index is 12.1. The zero-order valence-corrected chi connectivity index (χ0v) is 12.8. The average molecular weight is 305 g/mol. The zero-order valence-electron chi connectivity index (χ0n) is 11.2. The lowest BCUT2D eigenvalue weighted by atomic mass is 10.3. The number of nitrogens with zero attached hydrogens (tertiary/aromatic N) is 3. The van der Waals surface area contributed by atoms with Crippen molar-refractivity contribution in [1.82, 2.24) is 10.2 Å². The monoisotopic (exact) mass is 305 g/mol. The van der Waals surface area contributed by atoms with Crippen molar-refractivity contribution in [1.29, 1.82) is 0 Å². The first-order chi connectivity index (χ1) is 9.74. The summed E-state index contributed by atoms with van der Waals surface area (Å²) in [4.78, 5) is 13.8. The van der Waals surface area contributed by atoms with Crippen molar-refractivity contribution in [2.75, 3.05) is 17.7 Å². The van der Waals surface area contributed by atoms with Gasteiger partial charge in [-0.15, -0.1) is 10.2 Å². The molecule has 3 rings (SSSR count). The Labute approximate surface area is 126 Å². The first-order valence-electron chi connectivity index (χ1n) is 6.52. The molecule has 1 aromatic heterocycles. The van der Waals surface area contributed by atoms with Crippen LogP contribution in [0.25, 0.3) is 0 Å². The molecule has 0 N–H and O–H groups in total. The summed E-state index contributed by atoms with van der Waals surface area (Å²) < 4.78 is 0.890. The van der Waals surface area contributed by atoms with E-state index < -0.39 is 0 Å². The Morgan fingerprint density at radius 2 is 2.10 bits per heavy atom. The van der Waals surface area contributed by atoms with E-state index in [4.69, 9.17) is 0 Å². The number of benzene rings is 1. The molecule has 20 heavy (non-hydrogen) atoms. The molecule has 6 heteroatoms. The zero-order chi connectivity index (χ0) is 13.9. The predicted molar refractivity (Wildman–Crippen MR) is 82.5 cm³/mol. The second-order valence-corrected chi connectivity index (χ2v) is 6.99. The van der Waals surface area contributed by atoms with Crippen molar-refractivity contribution in [3.05, 3.63) is 35.3 Å². The van der Waals surface area contributed by atoms with Crippen LogP contribution in [-0.4, -0.2) is 28.9 Å². The molecule has 4 nitrogen and oxygen atoms in total. The average Bonchev–Trinajstić information content (AvgIpc) is 3.24. The number of carbonyl (C=O) groups is 1. The molecule has 1 heterocycles. The highest BCUT2D eigenvalue weighted by atomic mass is 32.2. The summed E-state index contributed by atoms with van der Waals surface area (Å²) in [6, 6.07) is 9.66. The molecular weight excluding hydrogens is 290 g/mol. The minimum atomic E-state index is 0.0735. The Bertz CT molecular complexity index is 595. The number of thioether (sulfide) groups is 1. The highest BCUT2D eigenvalue weighted by Gasteiger charge is 2.27. The van der Waals surface area contributed by atoms with E-state index in [0.717, 1.165) is 15.0 Å². The SMILES string of the molecule is CN(C(=O)CSc1nnc(C2CC2)s1)c1ccccc1. The number of carbonyl (C=O) groups excluding carboxylic acids is 1. The number of aromatic nitrogens is 2. The van der Waals surface area contributed by atoms with E-state index in [1.165, 1.54) is 24.6 Å².